The molecule has 2 aliphatic heterocycles. The summed E-state index contributed by atoms with van der Waals surface area (Å²) in [7, 11) is 0. The normalized spacial score (nSPS) is 33.6. The van der Waals surface area contributed by atoms with E-state index in [9.17, 15) is 4.79 Å². The second-order valence-corrected chi connectivity index (χ2v) is 8.22. The Morgan fingerprint density at radius 3 is 2.43 bits per heavy atom. The first-order valence-electron chi connectivity index (χ1n) is 9.06. The summed E-state index contributed by atoms with van der Waals surface area (Å²) in [5.41, 5.74) is 1.42. The molecule has 4 heteroatoms. The molecule has 2 heterocycles. The van der Waals surface area contributed by atoms with Crippen molar-refractivity contribution in [3.8, 4) is 0 Å². The zero-order valence-corrected chi connectivity index (χ0v) is 15.0. The molecule has 130 valence electrons. The van der Waals surface area contributed by atoms with Crippen LogP contribution >= 0.6 is 0 Å². The summed E-state index contributed by atoms with van der Waals surface area (Å²) in [5, 5.41) is 0. The van der Waals surface area contributed by atoms with Gasteiger partial charge in [0.25, 0.3) is 0 Å². The maximum atomic E-state index is 12.9. The van der Waals surface area contributed by atoms with Gasteiger partial charge in [0.1, 0.15) is 0 Å². The van der Waals surface area contributed by atoms with Gasteiger partial charge in [-0.3, -0.25) is 4.79 Å². The maximum absolute atomic E-state index is 12.9. The topological polar surface area (TPSA) is 38.8 Å². The first-order valence-corrected chi connectivity index (χ1v) is 9.06. The van der Waals surface area contributed by atoms with E-state index in [0.717, 1.165) is 45.6 Å². The zero-order chi connectivity index (χ0) is 16.6. The Bertz CT molecular complexity index is 467. The molecule has 23 heavy (non-hydrogen) atoms. The lowest BCUT2D eigenvalue weighted by Gasteiger charge is -2.33. The van der Waals surface area contributed by atoms with Gasteiger partial charge in [-0.05, 0) is 44.4 Å². The highest BCUT2D eigenvalue weighted by Crippen LogP contribution is 2.60. The number of rotatable bonds is 4. The van der Waals surface area contributed by atoms with Crippen LogP contribution in [-0.4, -0.2) is 49.3 Å². The van der Waals surface area contributed by atoms with Gasteiger partial charge in [-0.15, -0.1) is 0 Å². The molecular weight excluding hydrogens is 290 g/mol. The molecular formula is C19H31NO3. The molecule has 0 spiro atoms. The molecule has 0 aromatic carbocycles. The van der Waals surface area contributed by atoms with Crippen molar-refractivity contribution in [3.63, 3.8) is 0 Å². The largest absolute Gasteiger partial charge is 0.379 e. The van der Waals surface area contributed by atoms with Crippen LogP contribution in [0, 0.1) is 17.3 Å². The second-order valence-electron chi connectivity index (χ2n) is 8.22. The van der Waals surface area contributed by atoms with Crippen LogP contribution in [0.25, 0.3) is 0 Å². The fourth-order valence-corrected chi connectivity index (χ4v) is 4.12. The van der Waals surface area contributed by atoms with E-state index in [0.29, 0.717) is 17.9 Å². The van der Waals surface area contributed by atoms with Crippen molar-refractivity contribution in [2.24, 2.45) is 17.3 Å². The number of carbonyl (C=O) groups is 1. The van der Waals surface area contributed by atoms with E-state index in [1.54, 1.807) is 0 Å². The van der Waals surface area contributed by atoms with Gasteiger partial charge in [0.2, 0.25) is 5.91 Å². The highest BCUT2D eigenvalue weighted by molar-refractivity contribution is 5.84. The van der Waals surface area contributed by atoms with Gasteiger partial charge in [0.05, 0.1) is 24.7 Å². The van der Waals surface area contributed by atoms with Crippen molar-refractivity contribution in [2.75, 3.05) is 26.3 Å². The summed E-state index contributed by atoms with van der Waals surface area (Å²) in [6.07, 6.45) is 5.78. The van der Waals surface area contributed by atoms with Gasteiger partial charge < -0.3 is 14.4 Å². The summed E-state index contributed by atoms with van der Waals surface area (Å²) in [4.78, 5) is 14.9. The number of hydrogen-bond acceptors (Lipinski definition) is 3. The van der Waals surface area contributed by atoms with Gasteiger partial charge >= 0.3 is 0 Å². The number of piperidine rings is 1. The predicted molar refractivity (Wildman–Crippen MR) is 90.1 cm³/mol. The van der Waals surface area contributed by atoms with Crippen LogP contribution < -0.4 is 0 Å². The molecule has 1 aliphatic carbocycles. The lowest BCUT2D eigenvalue weighted by Crippen LogP contribution is -2.43. The monoisotopic (exact) mass is 321 g/mol. The van der Waals surface area contributed by atoms with Gasteiger partial charge in [0.15, 0.2) is 0 Å². The molecule has 1 amide bonds. The molecule has 3 atom stereocenters. The van der Waals surface area contributed by atoms with Crippen LogP contribution in [0.5, 0.6) is 0 Å². The lowest BCUT2D eigenvalue weighted by molar-refractivity contribution is -0.137. The fourth-order valence-electron chi connectivity index (χ4n) is 4.12. The van der Waals surface area contributed by atoms with Crippen molar-refractivity contribution in [1.82, 2.24) is 4.90 Å². The minimum atomic E-state index is 0.114. The molecule has 4 nitrogen and oxygen atoms in total. The standard InChI is InChI=1S/C19H31NO3/c1-13(2)11-16-17(19(16,3)4)18(21)20-8-5-14(6-9-20)23-15-7-10-22-12-15/h11,14-17H,5-10,12H2,1-4H3. The molecule has 0 bridgehead atoms. The number of allylic oxidation sites excluding steroid dienone is 2. The van der Waals surface area contributed by atoms with E-state index in [-0.39, 0.29) is 17.4 Å². The molecule has 3 fully saturated rings. The average Bonchev–Trinajstić information content (AvgIpc) is 2.86. The maximum Gasteiger partial charge on any atom is 0.226 e. The summed E-state index contributed by atoms with van der Waals surface area (Å²) >= 11 is 0. The third-order valence-corrected chi connectivity index (χ3v) is 5.72. The van der Waals surface area contributed by atoms with E-state index in [2.05, 4.69) is 38.7 Å². The SMILES string of the molecule is CC(C)=CC1C(C(=O)N2CCC(OC3CCOC3)CC2)C1(C)C. The predicted octanol–water partition coefficient (Wildman–Crippen LogP) is 3.02. The van der Waals surface area contributed by atoms with E-state index in [1.165, 1.54) is 5.57 Å². The van der Waals surface area contributed by atoms with Gasteiger partial charge in [0, 0.05) is 19.7 Å². The molecule has 3 aliphatic rings. The number of carbonyl (C=O) groups excluding carboxylic acids is 1. The molecule has 3 rings (SSSR count). The minimum Gasteiger partial charge on any atom is -0.379 e. The number of likely N-dealkylation sites (tertiary alicyclic amines) is 1. The van der Waals surface area contributed by atoms with Gasteiger partial charge in [-0.2, -0.15) is 0 Å². The fraction of sp³-hybridized carbons (Fsp3) is 0.842. The Balaban J connectivity index is 1.49. The smallest absolute Gasteiger partial charge is 0.226 e. The van der Waals surface area contributed by atoms with Crippen LogP contribution in [0.2, 0.25) is 0 Å². The van der Waals surface area contributed by atoms with E-state index in [1.807, 2.05) is 0 Å². The quantitative estimate of drug-likeness (QED) is 0.747. The number of hydrogen-bond donors (Lipinski definition) is 0. The lowest BCUT2D eigenvalue weighted by atomic mass is 10.0. The zero-order valence-electron chi connectivity index (χ0n) is 15.0. The first-order chi connectivity index (χ1) is 10.9. The third-order valence-electron chi connectivity index (χ3n) is 5.72. The third kappa shape index (κ3) is 3.63. The summed E-state index contributed by atoms with van der Waals surface area (Å²) in [5.74, 6) is 0.919. The highest BCUT2D eigenvalue weighted by atomic mass is 16.5. The van der Waals surface area contributed by atoms with Crippen LogP contribution in [0.3, 0.4) is 0 Å². The Kier molecular flexibility index (Phi) is 4.84. The van der Waals surface area contributed by atoms with Crippen molar-refractivity contribution in [3.05, 3.63) is 11.6 Å². The van der Waals surface area contributed by atoms with Gasteiger partial charge in [-0.25, -0.2) is 0 Å². The highest BCUT2D eigenvalue weighted by Gasteiger charge is 2.61. The van der Waals surface area contributed by atoms with Crippen molar-refractivity contribution >= 4 is 5.91 Å². The van der Waals surface area contributed by atoms with Crippen molar-refractivity contribution in [2.45, 2.75) is 59.2 Å². The molecule has 2 saturated heterocycles. The average molecular weight is 321 g/mol. The van der Waals surface area contributed by atoms with Crippen LogP contribution in [-0.2, 0) is 14.3 Å². The van der Waals surface area contributed by atoms with Crippen LogP contribution in [0.1, 0.15) is 47.0 Å². The molecule has 0 aromatic rings. The summed E-state index contributed by atoms with van der Waals surface area (Å²) < 4.78 is 11.5. The molecule has 3 unspecified atom stereocenters. The summed E-state index contributed by atoms with van der Waals surface area (Å²) in [6, 6.07) is 0. The number of amides is 1. The number of nitrogens with zero attached hydrogens (tertiary/aromatic N) is 1. The minimum absolute atomic E-state index is 0.114. The van der Waals surface area contributed by atoms with E-state index < -0.39 is 0 Å². The Morgan fingerprint density at radius 2 is 1.87 bits per heavy atom. The molecule has 0 radical (unpaired) electrons. The Hall–Kier alpha value is -0.870. The molecule has 0 aromatic heterocycles. The Morgan fingerprint density at radius 1 is 1.17 bits per heavy atom. The van der Waals surface area contributed by atoms with E-state index in [4.69, 9.17) is 9.47 Å². The van der Waals surface area contributed by atoms with Gasteiger partial charge in [-0.1, -0.05) is 25.5 Å². The molecule has 1 saturated carbocycles. The Labute approximate surface area is 140 Å². The summed E-state index contributed by atoms with van der Waals surface area (Å²) in [6.45, 7) is 11.9. The van der Waals surface area contributed by atoms with Crippen molar-refractivity contribution < 1.29 is 14.3 Å². The van der Waals surface area contributed by atoms with Crippen molar-refractivity contribution in [1.29, 1.82) is 0 Å². The first kappa shape index (κ1) is 17.0. The van der Waals surface area contributed by atoms with E-state index >= 15 is 0 Å². The number of ether oxygens (including phenoxy) is 2. The second kappa shape index (κ2) is 6.56. The van der Waals surface area contributed by atoms with Crippen LogP contribution in [0.4, 0.5) is 0 Å². The van der Waals surface area contributed by atoms with Crippen LogP contribution in [0.15, 0.2) is 11.6 Å². The molecule has 0 N–H and O–H groups in total.